The molecule has 0 spiro atoms. The first kappa shape index (κ1) is 21.0. The minimum atomic E-state index is -0.486. The molecule has 0 radical (unpaired) electrons. The van der Waals surface area contributed by atoms with Crippen molar-refractivity contribution >= 4 is 23.2 Å². The second-order valence-corrected chi connectivity index (χ2v) is 9.57. The third-order valence-corrected chi connectivity index (χ3v) is 6.28. The Balaban J connectivity index is 1.69. The van der Waals surface area contributed by atoms with E-state index >= 15 is 0 Å². The summed E-state index contributed by atoms with van der Waals surface area (Å²) in [4.78, 5) is 38.4. The van der Waals surface area contributed by atoms with Crippen LogP contribution < -0.4 is 16.2 Å². The summed E-state index contributed by atoms with van der Waals surface area (Å²) in [6.45, 7) is 5.63. The molecular formula is C26H26N4O3. The highest BCUT2D eigenvalue weighted by Crippen LogP contribution is 2.47. The predicted octanol–water partition coefficient (Wildman–Crippen LogP) is 4.32. The zero-order chi connectivity index (χ0) is 23.3. The van der Waals surface area contributed by atoms with Gasteiger partial charge in [0.05, 0.1) is 11.3 Å². The molecule has 0 saturated carbocycles. The highest BCUT2D eigenvalue weighted by atomic mass is 16.1. The predicted molar refractivity (Wildman–Crippen MR) is 128 cm³/mol. The topological polar surface area (TPSA) is 96.0 Å². The minimum Gasteiger partial charge on any atom is -0.343 e. The van der Waals surface area contributed by atoms with Crippen molar-refractivity contribution in [1.82, 2.24) is 9.78 Å². The van der Waals surface area contributed by atoms with Crippen LogP contribution in [0.5, 0.6) is 0 Å². The van der Waals surface area contributed by atoms with Gasteiger partial charge in [0, 0.05) is 36.2 Å². The maximum absolute atomic E-state index is 13.6. The maximum Gasteiger partial charge on any atom is 0.277 e. The number of nitrogens with one attached hydrogen (secondary N) is 3. The molecule has 7 nitrogen and oxygen atoms in total. The normalized spacial score (nSPS) is 18.9. The quantitative estimate of drug-likeness (QED) is 0.563. The van der Waals surface area contributed by atoms with Crippen LogP contribution in [0.4, 0.5) is 11.5 Å². The van der Waals surface area contributed by atoms with Crippen molar-refractivity contribution in [2.75, 3.05) is 10.6 Å². The number of ketones is 1. The van der Waals surface area contributed by atoms with Crippen molar-refractivity contribution in [1.29, 1.82) is 0 Å². The monoisotopic (exact) mass is 442 g/mol. The van der Waals surface area contributed by atoms with E-state index in [4.69, 9.17) is 0 Å². The van der Waals surface area contributed by atoms with Gasteiger partial charge in [0.1, 0.15) is 5.82 Å². The number of aromatic nitrogens is 2. The molecule has 168 valence electrons. The highest BCUT2D eigenvalue weighted by Gasteiger charge is 2.42. The zero-order valence-corrected chi connectivity index (χ0v) is 18.9. The standard InChI is InChI=1S/C26H26N4O3/c1-15(31)27-17-11-9-16(10-12-17)21-22-19(13-26(2,3)14-20(22)32)28-24-23(21)25(33)30(29-24)18-7-5-4-6-8-18/h4-12,21,28-29H,13-14H2,1-3H3,(H,27,31)/t21-/m1/s1. The minimum absolute atomic E-state index is 0.0576. The van der Waals surface area contributed by atoms with E-state index in [-0.39, 0.29) is 22.7 Å². The van der Waals surface area contributed by atoms with E-state index in [1.165, 1.54) is 11.6 Å². The van der Waals surface area contributed by atoms with Crippen LogP contribution >= 0.6 is 0 Å². The molecule has 3 aromatic rings. The fourth-order valence-corrected chi connectivity index (χ4v) is 4.94. The molecule has 5 rings (SSSR count). The lowest BCUT2D eigenvalue weighted by atomic mass is 9.69. The Hall–Kier alpha value is -3.87. The number of amides is 1. The van der Waals surface area contributed by atoms with Crippen molar-refractivity contribution in [3.8, 4) is 5.69 Å². The Bertz CT molecular complexity index is 1340. The van der Waals surface area contributed by atoms with Crippen LogP contribution in [0.1, 0.15) is 50.7 Å². The molecule has 3 N–H and O–H groups in total. The second kappa shape index (κ2) is 7.62. The van der Waals surface area contributed by atoms with Crippen molar-refractivity contribution in [3.05, 3.63) is 87.3 Å². The number of rotatable bonds is 3. The molecule has 1 atom stereocenters. The van der Waals surface area contributed by atoms with Gasteiger partial charge in [0.25, 0.3) is 5.56 Å². The third kappa shape index (κ3) is 3.69. The molecule has 2 heterocycles. The van der Waals surface area contributed by atoms with Crippen molar-refractivity contribution in [2.45, 2.75) is 39.5 Å². The number of para-hydroxylation sites is 1. The summed E-state index contributed by atoms with van der Waals surface area (Å²) in [5.41, 5.74) is 3.92. The molecule has 0 unspecified atom stereocenters. The zero-order valence-electron chi connectivity index (χ0n) is 18.9. The van der Waals surface area contributed by atoms with E-state index in [0.29, 0.717) is 35.5 Å². The second-order valence-electron chi connectivity index (χ2n) is 9.57. The van der Waals surface area contributed by atoms with Crippen molar-refractivity contribution in [3.63, 3.8) is 0 Å². The van der Waals surface area contributed by atoms with Crippen LogP contribution in [0.2, 0.25) is 0 Å². The number of anilines is 2. The molecule has 0 bridgehead atoms. The smallest absolute Gasteiger partial charge is 0.277 e. The number of Topliss-reactive ketones (excluding diaryl/α,β-unsaturated/α-hetero) is 1. The number of benzene rings is 2. The molecule has 2 aromatic carbocycles. The number of H-pyrrole nitrogens is 1. The lowest BCUT2D eigenvalue weighted by Gasteiger charge is -2.37. The fraction of sp³-hybridized carbons (Fsp3) is 0.269. The molecule has 0 fully saturated rings. The molecule has 1 aromatic heterocycles. The number of hydrogen-bond donors (Lipinski definition) is 3. The Morgan fingerprint density at radius 3 is 2.39 bits per heavy atom. The van der Waals surface area contributed by atoms with Crippen molar-refractivity contribution < 1.29 is 9.59 Å². The molecule has 1 aliphatic carbocycles. The summed E-state index contributed by atoms with van der Waals surface area (Å²) in [6.07, 6.45) is 1.15. The molecule has 1 aliphatic heterocycles. The van der Waals surface area contributed by atoms with Crippen LogP contribution in [-0.4, -0.2) is 21.5 Å². The van der Waals surface area contributed by atoms with Crippen LogP contribution in [-0.2, 0) is 9.59 Å². The van der Waals surface area contributed by atoms with Gasteiger partial charge in [0.2, 0.25) is 5.91 Å². The summed E-state index contributed by atoms with van der Waals surface area (Å²) in [6, 6.07) is 16.7. The Morgan fingerprint density at radius 2 is 1.73 bits per heavy atom. The van der Waals surface area contributed by atoms with E-state index < -0.39 is 5.92 Å². The molecule has 1 amide bonds. The van der Waals surface area contributed by atoms with Gasteiger partial charge in [-0.2, -0.15) is 0 Å². The molecular weight excluding hydrogens is 416 g/mol. The van der Waals surface area contributed by atoms with Gasteiger partial charge < -0.3 is 10.6 Å². The summed E-state index contributed by atoms with van der Waals surface area (Å²) in [7, 11) is 0. The lowest BCUT2D eigenvalue weighted by Crippen LogP contribution is -2.35. The number of carbonyl (C=O) groups is 2. The summed E-state index contributed by atoms with van der Waals surface area (Å²) >= 11 is 0. The van der Waals surface area contributed by atoms with Crippen molar-refractivity contribution in [2.24, 2.45) is 5.41 Å². The summed E-state index contributed by atoms with van der Waals surface area (Å²) in [5, 5.41) is 9.36. The SMILES string of the molecule is CC(=O)Nc1ccc([C@@H]2C3=C(CC(C)(C)CC3=O)Nc3[nH]n(-c4ccccc4)c(=O)c32)cc1. The van der Waals surface area contributed by atoms with E-state index in [0.717, 1.165) is 16.9 Å². The number of nitrogens with zero attached hydrogens (tertiary/aromatic N) is 1. The first-order valence-electron chi connectivity index (χ1n) is 11.0. The Kier molecular flexibility index (Phi) is 4.85. The van der Waals surface area contributed by atoms with Gasteiger partial charge in [-0.05, 0) is 41.7 Å². The number of allylic oxidation sites excluding steroid dienone is 2. The van der Waals surface area contributed by atoms with Gasteiger partial charge in [-0.15, -0.1) is 0 Å². The van der Waals surface area contributed by atoms with Crippen LogP contribution in [0.15, 0.2) is 70.7 Å². The summed E-state index contributed by atoms with van der Waals surface area (Å²) < 4.78 is 1.52. The largest absolute Gasteiger partial charge is 0.343 e. The first-order valence-corrected chi connectivity index (χ1v) is 11.0. The number of fused-ring (bicyclic) bond motifs is 1. The average molecular weight is 443 g/mol. The number of hydrogen-bond acceptors (Lipinski definition) is 4. The molecule has 7 heteroatoms. The Morgan fingerprint density at radius 1 is 1.03 bits per heavy atom. The molecule has 33 heavy (non-hydrogen) atoms. The number of carbonyl (C=O) groups excluding carboxylic acids is 2. The summed E-state index contributed by atoms with van der Waals surface area (Å²) in [5.74, 6) is 0.0316. The first-order chi connectivity index (χ1) is 15.7. The van der Waals surface area contributed by atoms with Gasteiger partial charge in [-0.25, -0.2) is 4.68 Å². The third-order valence-electron chi connectivity index (χ3n) is 6.28. The van der Waals surface area contributed by atoms with E-state index in [2.05, 4.69) is 29.6 Å². The van der Waals surface area contributed by atoms with E-state index in [9.17, 15) is 14.4 Å². The Labute approximate surface area is 191 Å². The molecule has 2 aliphatic rings. The lowest BCUT2D eigenvalue weighted by molar-refractivity contribution is -0.118. The molecule has 0 saturated heterocycles. The van der Waals surface area contributed by atoms with Crippen LogP contribution in [0.25, 0.3) is 5.69 Å². The van der Waals surface area contributed by atoms with E-state index in [1.54, 1.807) is 12.1 Å². The van der Waals surface area contributed by atoms with Gasteiger partial charge >= 0.3 is 0 Å². The highest BCUT2D eigenvalue weighted by molar-refractivity contribution is 6.01. The van der Waals surface area contributed by atoms with Gasteiger partial charge in [0.15, 0.2) is 5.78 Å². The fourth-order valence-electron chi connectivity index (χ4n) is 4.94. The van der Waals surface area contributed by atoms with Gasteiger partial charge in [-0.3, -0.25) is 19.5 Å². The van der Waals surface area contributed by atoms with E-state index in [1.807, 2.05) is 42.5 Å². The van der Waals surface area contributed by atoms with Gasteiger partial charge in [-0.1, -0.05) is 44.2 Å². The number of aromatic amines is 1. The average Bonchev–Trinajstić information content (AvgIpc) is 3.08. The van der Waals surface area contributed by atoms with Crippen LogP contribution in [0.3, 0.4) is 0 Å². The van der Waals surface area contributed by atoms with Crippen LogP contribution in [0, 0.1) is 5.41 Å². The maximum atomic E-state index is 13.6.